The summed E-state index contributed by atoms with van der Waals surface area (Å²) in [6, 6.07) is 2.13. The van der Waals surface area contributed by atoms with Crippen LogP contribution in [0.15, 0.2) is 12.3 Å². The van der Waals surface area contributed by atoms with Gasteiger partial charge in [0.05, 0.1) is 17.0 Å². The Morgan fingerprint density at radius 2 is 2.06 bits per heavy atom. The highest BCUT2D eigenvalue weighted by Gasteiger charge is 2.24. The molecule has 1 rings (SSSR count). The molecule has 3 atom stereocenters. The number of nitrogens with zero attached hydrogens (tertiary/aromatic N) is 2. The second kappa shape index (κ2) is 5.84. The first kappa shape index (κ1) is 15.2. The molecule has 3 unspecified atom stereocenters. The minimum absolute atomic E-state index is 0.262. The zero-order chi connectivity index (χ0) is 13.9. The fraction of sp³-hybridized carbons (Fsp3) is 0.750. The van der Waals surface area contributed by atoms with Crippen LogP contribution in [0.1, 0.15) is 38.9 Å². The number of hydrogen-bond acceptors (Lipinski definition) is 4. The standard InChI is InChI=1S/C12H22N2O3S/c1-5-9(2)14-7-6-11(13-14)8-12(15)10(3)18(4,16)17/h6-7,9-10,12,15H,5,8H2,1-4H3. The number of hydrogen-bond donors (Lipinski definition) is 1. The molecule has 0 radical (unpaired) electrons. The van der Waals surface area contributed by atoms with Crippen LogP contribution in [0.4, 0.5) is 0 Å². The molecule has 104 valence electrons. The lowest BCUT2D eigenvalue weighted by Gasteiger charge is -2.16. The summed E-state index contributed by atoms with van der Waals surface area (Å²) in [7, 11) is -3.22. The fourth-order valence-corrected chi connectivity index (χ4v) is 2.25. The van der Waals surface area contributed by atoms with Crippen molar-refractivity contribution in [2.24, 2.45) is 0 Å². The highest BCUT2D eigenvalue weighted by Crippen LogP contribution is 2.13. The van der Waals surface area contributed by atoms with Crippen LogP contribution >= 0.6 is 0 Å². The van der Waals surface area contributed by atoms with Crippen LogP contribution in [0.25, 0.3) is 0 Å². The maximum atomic E-state index is 11.3. The molecule has 1 aromatic heterocycles. The summed E-state index contributed by atoms with van der Waals surface area (Å²) < 4.78 is 24.5. The molecule has 6 heteroatoms. The van der Waals surface area contributed by atoms with Gasteiger partial charge in [-0.2, -0.15) is 5.10 Å². The van der Waals surface area contributed by atoms with E-state index in [1.165, 1.54) is 6.92 Å². The second-order valence-corrected chi connectivity index (χ2v) is 7.25. The minimum atomic E-state index is -3.22. The van der Waals surface area contributed by atoms with Crippen LogP contribution in [0, 0.1) is 0 Å². The van der Waals surface area contributed by atoms with Gasteiger partial charge in [-0.15, -0.1) is 0 Å². The highest BCUT2D eigenvalue weighted by molar-refractivity contribution is 7.91. The number of aliphatic hydroxyl groups is 1. The van der Waals surface area contributed by atoms with Crippen LogP contribution in [0.3, 0.4) is 0 Å². The molecule has 0 amide bonds. The van der Waals surface area contributed by atoms with Gasteiger partial charge in [0.1, 0.15) is 0 Å². The van der Waals surface area contributed by atoms with Gasteiger partial charge in [0, 0.05) is 24.9 Å². The average molecular weight is 274 g/mol. The predicted molar refractivity (Wildman–Crippen MR) is 71.2 cm³/mol. The monoisotopic (exact) mass is 274 g/mol. The van der Waals surface area contributed by atoms with E-state index in [1.807, 2.05) is 16.9 Å². The van der Waals surface area contributed by atoms with Crippen molar-refractivity contribution in [3.8, 4) is 0 Å². The Bertz CT molecular complexity index is 481. The van der Waals surface area contributed by atoms with Crippen LogP contribution in [0.5, 0.6) is 0 Å². The smallest absolute Gasteiger partial charge is 0.152 e. The third-order valence-electron chi connectivity index (χ3n) is 3.34. The third-order valence-corrected chi connectivity index (χ3v) is 5.01. The van der Waals surface area contributed by atoms with Crippen LogP contribution in [-0.2, 0) is 16.3 Å². The Labute approximate surface area is 109 Å². The molecule has 1 aromatic rings. The molecule has 0 fully saturated rings. The van der Waals surface area contributed by atoms with Gasteiger partial charge in [0.25, 0.3) is 0 Å². The van der Waals surface area contributed by atoms with Crippen LogP contribution < -0.4 is 0 Å². The first-order valence-corrected chi connectivity index (χ1v) is 8.12. The fourth-order valence-electron chi connectivity index (χ4n) is 1.58. The van der Waals surface area contributed by atoms with Crippen molar-refractivity contribution in [3.63, 3.8) is 0 Å². The Balaban J connectivity index is 2.71. The van der Waals surface area contributed by atoms with E-state index in [-0.39, 0.29) is 6.42 Å². The lowest BCUT2D eigenvalue weighted by Crippen LogP contribution is -2.32. The van der Waals surface area contributed by atoms with E-state index in [9.17, 15) is 13.5 Å². The molecular weight excluding hydrogens is 252 g/mol. The van der Waals surface area contributed by atoms with E-state index in [0.717, 1.165) is 18.4 Å². The molecule has 18 heavy (non-hydrogen) atoms. The van der Waals surface area contributed by atoms with Crippen LogP contribution in [0.2, 0.25) is 0 Å². The summed E-state index contributed by atoms with van der Waals surface area (Å²) >= 11 is 0. The molecule has 1 heterocycles. The van der Waals surface area contributed by atoms with Crippen molar-refractivity contribution in [1.82, 2.24) is 9.78 Å². The summed E-state index contributed by atoms with van der Waals surface area (Å²) in [5, 5.41) is 13.5. The van der Waals surface area contributed by atoms with Gasteiger partial charge < -0.3 is 5.11 Å². The van der Waals surface area contributed by atoms with Crippen molar-refractivity contribution in [1.29, 1.82) is 0 Å². The lowest BCUT2D eigenvalue weighted by molar-refractivity contribution is 0.171. The Kier molecular flexibility index (Phi) is 4.92. The van der Waals surface area contributed by atoms with Gasteiger partial charge in [-0.25, -0.2) is 8.42 Å². The normalized spacial score (nSPS) is 17.4. The molecule has 0 saturated heterocycles. The third kappa shape index (κ3) is 3.81. The summed E-state index contributed by atoms with van der Waals surface area (Å²) in [4.78, 5) is 0. The predicted octanol–water partition coefficient (Wildman–Crippen LogP) is 1.19. The maximum Gasteiger partial charge on any atom is 0.152 e. The molecule has 0 aliphatic carbocycles. The van der Waals surface area contributed by atoms with E-state index in [1.54, 1.807) is 0 Å². The van der Waals surface area contributed by atoms with Crippen LogP contribution in [-0.4, -0.2) is 40.9 Å². The number of aromatic nitrogens is 2. The van der Waals surface area contributed by atoms with Gasteiger partial charge in [-0.05, 0) is 26.3 Å². The van der Waals surface area contributed by atoms with E-state index in [2.05, 4.69) is 18.9 Å². The first-order chi connectivity index (χ1) is 8.25. The van der Waals surface area contributed by atoms with Crippen molar-refractivity contribution in [3.05, 3.63) is 18.0 Å². The summed E-state index contributed by atoms with van der Waals surface area (Å²) in [5.41, 5.74) is 0.721. The molecule has 0 bridgehead atoms. The summed E-state index contributed by atoms with van der Waals surface area (Å²) in [6.07, 6.45) is 3.32. The quantitative estimate of drug-likeness (QED) is 0.846. The summed E-state index contributed by atoms with van der Waals surface area (Å²) in [6.45, 7) is 5.66. The Morgan fingerprint density at radius 3 is 2.56 bits per heavy atom. The number of rotatable bonds is 6. The molecular formula is C12H22N2O3S. The Hall–Kier alpha value is -0.880. The van der Waals surface area contributed by atoms with Crippen molar-refractivity contribution < 1.29 is 13.5 Å². The van der Waals surface area contributed by atoms with E-state index in [0.29, 0.717) is 6.04 Å². The van der Waals surface area contributed by atoms with E-state index in [4.69, 9.17) is 0 Å². The summed E-state index contributed by atoms with van der Waals surface area (Å²) in [5.74, 6) is 0. The van der Waals surface area contributed by atoms with Gasteiger partial charge in [-0.3, -0.25) is 4.68 Å². The SMILES string of the molecule is CCC(C)n1ccc(CC(O)C(C)S(C)(=O)=O)n1. The van der Waals surface area contributed by atoms with Gasteiger partial charge in [-0.1, -0.05) is 6.92 Å². The van der Waals surface area contributed by atoms with Crippen molar-refractivity contribution in [2.75, 3.05) is 6.26 Å². The first-order valence-electron chi connectivity index (χ1n) is 6.16. The highest BCUT2D eigenvalue weighted by atomic mass is 32.2. The maximum absolute atomic E-state index is 11.3. The van der Waals surface area contributed by atoms with Crippen molar-refractivity contribution >= 4 is 9.84 Å². The molecule has 0 aliphatic rings. The van der Waals surface area contributed by atoms with E-state index >= 15 is 0 Å². The average Bonchev–Trinajstić information content (AvgIpc) is 2.74. The van der Waals surface area contributed by atoms with Gasteiger partial charge >= 0.3 is 0 Å². The molecule has 1 N–H and O–H groups in total. The zero-order valence-corrected chi connectivity index (χ0v) is 12.2. The molecule has 0 saturated carbocycles. The zero-order valence-electron chi connectivity index (χ0n) is 11.4. The van der Waals surface area contributed by atoms with Gasteiger partial charge in [0.15, 0.2) is 9.84 Å². The largest absolute Gasteiger partial charge is 0.391 e. The lowest BCUT2D eigenvalue weighted by atomic mass is 10.1. The van der Waals surface area contributed by atoms with E-state index < -0.39 is 21.2 Å². The number of sulfone groups is 1. The topological polar surface area (TPSA) is 72.2 Å². The molecule has 0 aromatic carbocycles. The molecule has 5 nitrogen and oxygen atoms in total. The number of aliphatic hydroxyl groups excluding tert-OH is 1. The van der Waals surface area contributed by atoms with Gasteiger partial charge in [0.2, 0.25) is 0 Å². The van der Waals surface area contributed by atoms with Crippen molar-refractivity contribution in [2.45, 2.75) is 51.0 Å². The Morgan fingerprint density at radius 1 is 1.44 bits per heavy atom. The molecule has 0 aliphatic heterocycles. The molecule has 0 spiro atoms. The minimum Gasteiger partial charge on any atom is -0.391 e. The second-order valence-electron chi connectivity index (χ2n) is 4.85.